The van der Waals surface area contributed by atoms with E-state index in [1.165, 1.54) is 24.5 Å². The quantitative estimate of drug-likeness (QED) is 0.249. The van der Waals surface area contributed by atoms with E-state index < -0.39 is 42.5 Å². The number of hydrogen-bond acceptors (Lipinski definition) is 9. The van der Waals surface area contributed by atoms with E-state index >= 15 is 0 Å². The van der Waals surface area contributed by atoms with Gasteiger partial charge < -0.3 is 40.9 Å². The van der Waals surface area contributed by atoms with E-state index in [1.807, 2.05) is 0 Å². The maximum Gasteiger partial charge on any atom is 1.00 e. The van der Waals surface area contributed by atoms with E-state index in [9.17, 15) is 30.0 Å². The van der Waals surface area contributed by atoms with Crippen LogP contribution in [0.3, 0.4) is 0 Å². The summed E-state index contributed by atoms with van der Waals surface area (Å²) in [5.74, 6) is -2.35. The first-order valence-electron chi connectivity index (χ1n) is 6.28. The molecule has 2 rings (SSSR count). The van der Waals surface area contributed by atoms with Crippen LogP contribution in [0.4, 0.5) is 0 Å². The number of carboxylic acid groups (broad SMARTS) is 1. The van der Waals surface area contributed by atoms with Gasteiger partial charge in [-0.3, -0.25) is 15.2 Å². The molecule has 0 spiro atoms. The van der Waals surface area contributed by atoms with E-state index in [0.29, 0.717) is 0 Å². The van der Waals surface area contributed by atoms with Crippen molar-refractivity contribution in [3.8, 4) is 0 Å². The molecule has 0 aromatic carbocycles. The number of nitrogens with zero attached hydrogens (tertiary/aromatic N) is 1. The topological polar surface area (TPSA) is 227 Å². The van der Waals surface area contributed by atoms with Crippen molar-refractivity contribution in [1.29, 1.82) is 0 Å². The van der Waals surface area contributed by atoms with Crippen LogP contribution in [0.5, 0.6) is 0 Å². The van der Waals surface area contributed by atoms with Gasteiger partial charge in [-0.05, 0) is 12.1 Å². The van der Waals surface area contributed by atoms with Crippen LogP contribution in [0, 0.1) is 0 Å². The number of amides is 1. The van der Waals surface area contributed by atoms with Gasteiger partial charge in [0, 0.05) is 18.0 Å². The summed E-state index contributed by atoms with van der Waals surface area (Å²) >= 11 is 0. The summed E-state index contributed by atoms with van der Waals surface area (Å²) in [6.45, 7) is 0. The molecule has 5 atom stereocenters. The fourth-order valence-corrected chi connectivity index (χ4v) is 1.91. The summed E-state index contributed by atoms with van der Waals surface area (Å²) < 4.78 is 4.87. The van der Waals surface area contributed by atoms with Gasteiger partial charge in [0.25, 0.3) is 5.91 Å². The summed E-state index contributed by atoms with van der Waals surface area (Å²) in [6, 6.07) is 2.86. The second kappa shape index (κ2) is 11.4. The molecule has 1 saturated heterocycles. The van der Waals surface area contributed by atoms with E-state index in [2.05, 4.69) is 15.8 Å². The smallest absolute Gasteiger partial charge is 0.547 e. The number of carbonyl (C=O) groups excluding carboxylic acids is 2. The van der Waals surface area contributed by atoms with Crippen molar-refractivity contribution in [2.45, 2.75) is 30.6 Å². The minimum Gasteiger partial charge on any atom is -0.547 e. The van der Waals surface area contributed by atoms with Gasteiger partial charge in [0.1, 0.15) is 24.4 Å². The number of hydrogen-bond donors (Lipinski definition) is 5. The number of aromatic nitrogens is 1. The number of hydrazine groups is 1. The second-order valence-electron chi connectivity index (χ2n) is 4.60. The third kappa shape index (κ3) is 6.23. The van der Waals surface area contributed by atoms with Crippen molar-refractivity contribution < 1.29 is 75.3 Å². The van der Waals surface area contributed by atoms with Crippen molar-refractivity contribution in [2.24, 2.45) is 0 Å². The van der Waals surface area contributed by atoms with Gasteiger partial charge in [0.15, 0.2) is 6.23 Å². The third-order valence-corrected chi connectivity index (χ3v) is 3.12. The number of rotatable bonds is 4. The van der Waals surface area contributed by atoms with E-state index in [0.717, 1.165) is 0 Å². The Kier molecular flexibility index (Phi) is 11.9. The van der Waals surface area contributed by atoms with Crippen LogP contribution in [0.2, 0.25) is 0 Å². The first-order chi connectivity index (χ1) is 10.4. The Hall–Kier alpha value is -1.19. The van der Waals surface area contributed by atoms with Gasteiger partial charge in [-0.15, -0.1) is 0 Å². The van der Waals surface area contributed by atoms with Gasteiger partial charge in [-0.25, -0.2) is 5.43 Å². The zero-order valence-corrected chi connectivity index (χ0v) is 15.1. The van der Waals surface area contributed by atoms with Gasteiger partial charge in [0.05, 0.1) is 5.97 Å². The van der Waals surface area contributed by atoms with E-state index in [1.54, 1.807) is 0 Å². The van der Waals surface area contributed by atoms with Crippen molar-refractivity contribution in [1.82, 2.24) is 15.8 Å². The number of carbonyl (C=O) groups is 2. The molecule has 0 unspecified atom stereocenters. The number of nitrogens with one attached hydrogen (secondary N) is 2. The Morgan fingerprint density at radius 2 is 1.64 bits per heavy atom. The van der Waals surface area contributed by atoms with E-state index in [4.69, 9.17) is 4.74 Å². The summed E-state index contributed by atoms with van der Waals surface area (Å²) in [6.07, 6.45) is -5.81. The largest absolute Gasteiger partial charge is 1.00 e. The minimum absolute atomic E-state index is 0. The van der Waals surface area contributed by atoms with Crippen molar-refractivity contribution in [3.63, 3.8) is 0 Å². The van der Waals surface area contributed by atoms with Crippen molar-refractivity contribution in [2.75, 3.05) is 0 Å². The molecule has 1 amide bonds. The molecule has 1 aromatic rings. The SMILES string of the molecule is O.O.O=C(NN[C@@H]1O[C@H](C(=O)[O-])[C@@H](O)[C@H](O)[C@H]1O)c1ccncc1.[Na+]. The number of aliphatic hydroxyl groups is 3. The predicted octanol–water partition coefficient (Wildman–Crippen LogP) is -8.77. The number of aliphatic carboxylic acids is 1. The molecule has 0 bridgehead atoms. The Morgan fingerprint density at radius 3 is 2.16 bits per heavy atom. The Morgan fingerprint density at radius 1 is 1.08 bits per heavy atom. The number of pyridine rings is 1. The molecule has 9 N–H and O–H groups in total. The van der Waals surface area contributed by atoms with Crippen LogP contribution in [0.15, 0.2) is 24.5 Å². The molecule has 0 radical (unpaired) electrons. The monoisotopic (exact) mass is 371 g/mol. The van der Waals surface area contributed by atoms with E-state index in [-0.39, 0.29) is 46.1 Å². The molecule has 1 aliphatic heterocycles. The van der Waals surface area contributed by atoms with Crippen LogP contribution >= 0.6 is 0 Å². The summed E-state index contributed by atoms with van der Waals surface area (Å²) in [4.78, 5) is 26.3. The molecule has 2 heterocycles. The second-order valence-corrected chi connectivity index (χ2v) is 4.60. The fourth-order valence-electron chi connectivity index (χ4n) is 1.91. The fraction of sp³-hybridized carbons (Fsp3) is 0.417. The van der Waals surface area contributed by atoms with Crippen LogP contribution in [0.1, 0.15) is 10.4 Å². The molecule has 1 fully saturated rings. The van der Waals surface area contributed by atoms with Crippen LogP contribution < -0.4 is 45.5 Å². The first kappa shape index (κ1) is 26.0. The maximum atomic E-state index is 11.8. The van der Waals surface area contributed by atoms with Gasteiger partial charge in [-0.1, -0.05) is 0 Å². The molecule has 1 aliphatic rings. The summed E-state index contributed by atoms with van der Waals surface area (Å²) in [5, 5.41) is 39.6. The maximum absolute atomic E-state index is 11.8. The van der Waals surface area contributed by atoms with Crippen LogP contribution in [-0.4, -0.2) is 73.8 Å². The minimum atomic E-state index is -1.85. The molecular weight excluding hydrogens is 353 g/mol. The summed E-state index contributed by atoms with van der Waals surface area (Å²) in [5.41, 5.74) is 4.69. The number of ether oxygens (including phenoxy) is 1. The van der Waals surface area contributed by atoms with Crippen LogP contribution in [0.25, 0.3) is 0 Å². The molecule has 0 saturated carbocycles. The van der Waals surface area contributed by atoms with Crippen LogP contribution in [-0.2, 0) is 9.53 Å². The Balaban J connectivity index is 0. The Labute approximate surface area is 163 Å². The first-order valence-corrected chi connectivity index (χ1v) is 6.28. The average molecular weight is 371 g/mol. The molecule has 13 heteroatoms. The van der Waals surface area contributed by atoms with Crippen molar-refractivity contribution in [3.05, 3.63) is 30.1 Å². The molecule has 0 aliphatic carbocycles. The van der Waals surface area contributed by atoms with Gasteiger partial charge in [0.2, 0.25) is 0 Å². The third-order valence-electron chi connectivity index (χ3n) is 3.12. The molecule has 136 valence electrons. The normalized spacial score (nSPS) is 27.7. The zero-order valence-electron chi connectivity index (χ0n) is 13.1. The van der Waals surface area contributed by atoms with Gasteiger partial charge >= 0.3 is 29.6 Å². The van der Waals surface area contributed by atoms with Crippen molar-refractivity contribution >= 4 is 11.9 Å². The standard InChI is InChI=1S/C12H15N3O7.Na.2H2O/c16-6-7(17)9(12(20)21)22-11(8(6)18)15-14-10(19)5-1-3-13-4-2-5;;;/h1-4,6-9,11,15-18H,(H,14,19)(H,20,21);;2*1H2/q;+1;;/p-1/t6-,7-,8+,9-,11+;;;/m0.../s1. The molecular formula is C12H18N3NaO9. The van der Waals surface area contributed by atoms with Gasteiger partial charge in [-0.2, -0.15) is 0 Å². The number of aliphatic hydroxyl groups excluding tert-OH is 3. The Bertz CT molecular complexity index is 550. The molecule has 12 nitrogen and oxygen atoms in total. The average Bonchev–Trinajstić information content (AvgIpc) is 2.52. The summed E-state index contributed by atoms with van der Waals surface area (Å²) in [7, 11) is 0. The molecule has 1 aromatic heterocycles. The predicted molar refractivity (Wildman–Crippen MR) is 73.8 cm³/mol. The zero-order chi connectivity index (χ0) is 16.3. The molecule has 25 heavy (non-hydrogen) atoms. The number of carboxylic acids is 1.